The van der Waals surface area contributed by atoms with Crippen molar-refractivity contribution >= 4 is 12.4 Å². The van der Waals surface area contributed by atoms with Gasteiger partial charge < -0.3 is 10.3 Å². The first-order valence-corrected chi connectivity index (χ1v) is 7.82. The van der Waals surface area contributed by atoms with Crippen molar-refractivity contribution in [3.8, 4) is 17.1 Å². The van der Waals surface area contributed by atoms with Crippen molar-refractivity contribution in [2.45, 2.75) is 38.6 Å². The predicted molar refractivity (Wildman–Crippen MR) is 93.3 cm³/mol. The van der Waals surface area contributed by atoms with E-state index in [4.69, 9.17) is 10.3 Å². The third-order valence-electron chi connectivity index (χ3n) is 4.49. The Labute approximate surface area is 146 Å². The second-order valence-electron chi connectivity index (χ2n) is 6.32. The van der Waals surface area contributed by atoms with Crippen LogP contribution < -0.4 is 5.73 Å². The molecule has 0 amide bonds. The van der Waals surface area contributed by atoms with Gasteiger partial charge in [-0.3, -0.25) is 0 Å². The Balaban J connectivity index is 0.00000169. The number of aryl methyl sites for hydroxylation is 2. The Hall–Kier alpha value is -2.18. The topological polar surface area (TPSA) is 82.8 Å². The maximum absolute atomic E-state index is 6.24. The molecule has 1 saturated carbocycles. The van der Waals surface area contributed by atoms with Crippen LogP contribution in [-0.2, 0) is 5.54 Å². The lowest BCUT2D eigenvalue weighted by atomic mass is 9.77. The molecule has 0 radical (unpaired) electrons. The largest absolute Gasteiger partial charge is 0.334 e. The van der Waals surface area contributed by atoms with Crippen molar-refractivity contribution < 1.29 is 4.52 Å². The van der Waals surface area contributed by atoms with E-state index in [2.05, 4.69) is 21.3 Å². The van der Waals surface area contributed by atoms with Gasteiger partial charge in [-0.05, 0) is 63.4 Å². The maximum atomic E-state index is 6.24. The highest BCUT2D eigenvalue weighted by molar-refractivity contribution is 5.85. The zero-order chi connectivity index (χ0) is 16.0. The second kappa shape index (κ2) is 6.03. The summed E-state index contributed by atoms with van der Waals surface area (Å²) in [5, 5.41) is 8.54. The number of halogens is 1. The summed E-state index contributed by atoms with van der Waals surface area (Å²) in [5.41, 5.74) is 9.84. The van der Waals surface area contributed by atoms with E-state index in [9.17, 15) is 0 Å². The van der Waals surface area contributed by atoms with Gasteiger partial charge in [-0.2, -0.15) is 10.1 Å². The molecule has 0 aliphatic heterocycles. The summed E-state index contributed by atoms with van der Waals surface area (Å²) in [6, 6.07) is 9.98. The van der Waals surface area contributed by atoms with Crippen LogP contribution in [0, 0.1) is 13.8 Å². The third kappa shape index (κ3) is 2.72. The van der Waals surface area contributed by atoms with E-state index in [1.807, 2.05) is 42.8 Å². The smallest absolute Gasteiger partial charge is 0.257 e. The van der Waals surface area contributed by atoms with E-state index >= 15 is 0 Å². The Morgan fingerprint density at radius 1 is 1.17 bits per heavy atom. The molecule has 2 aromatic heterocycles. The Kier molecular flexibility index (Phi) is 4.19. The molecule has 6 nitrogen and oxygen atoms in total. The molecule has 1 aromatic carbocycles. The summed E-state index contributed by atoms with van der Waals surface area (Å²) in [6.07, 6.45) is 2.96. The first kappa shape index (κ1) is 16.7. The fourth-order valence-corrected chi connectivity index (χ4v) is 2.96. The number of nitrogens with zero attached hydrogens (tertiary/aromatic N) is 4. The molecular formula is C17H20ClN5O. The van der Waals surface area contributed by atoms with Crippen molar-refractivity contribution in [3.05, 3.63) is 47.5 Å². The Morgan fingerprint density at radius 3 is 2.42 bits per heavy atom. The van der Waals surface area contributed by atoms with Gasteiger partial charge in [-0.1, -0.05) is 5.16 Å². The Bertz CT molecular complexity index is 848. The summed E-state index contributed by atoms with van der Waals surface area (Å²) in [6.45, 7) is 4.03. The highest BCUT2D eigenvalue weighted by atomic mass is 35.5. The SMILES string of the molecule is Cc1cc(C)n(-c2ccc(-c3nc(C4(N)CCC4)no3)cc2)n1.Cl. The van der Waals surface area contributed by atoms with Crippen molar-refractivity contribution in [2.24, 2.45) is 5.73 Å². The molecule has 1 aliphatic rings. The van der Waals surface area contributed by atoms with E-state index in [1.54, 1.807) is 0 Å². The predicted octanol–water partition coefficient (Wildman–Crippen LogP) is 3.30. The quantitative estimate of drug-likeness (QED) is 0.787. The summed E-state index contributed by atoms with van der Waals surface area (Å²) >= 11 is 0. The zero-order valence-electron chi connectivity index (χ0n) is 13.7. The average molecular weight is 346 g/mol. The van der Waals surface area contributed by atoms with E-state index in [1.165, 1.54) is 0 Å². The minimum atomic E-state index is -0.397. The number of rotatable bonds is 3. The molecule has 4 rings (SSSR count). The molecule has 0 saturated heterocycles. The number of nitrogens with two attached hydrogens (primary N) is 1. The molecule has 7 heteroatoms. The molecule has 3 aromatic rings. The van der Waals surface area contributed by atoms with Gasteiger partial charge in [0, 0.05) is 11.3 Å². The van der Waals surface area contributed by atoms with Gasteiger partial charge in [0.25, 0.3) is 5.89 Å². The van der Waals surface area contributed by atoms with Gasteiger partial charge in [0.15, 0.2) is 5.82 Å². The molecule has 1 fully saturated rings. The van der Waals surface area contributed by atoms with Gasteiger partial charge in [0.1, 0.15) is 0 Å². The standard InChI is InChI=1S/C17H19N5O.ClH/c1-11-10-12(2)22(20-11)14-6-4-13(5-7-14)15-19-16(21-23-15)17(18)8-3-9-17;/h4-7,10H,3,8-9,18H2,1-2H3;1H. The van der Waals surface area contributed by atoms with Crippen molar-refractivity contribution in [1.82, 2.24) is 19.9 Å². The van der Waals surface area contributed by atoms with Gasteiger partial charge in [0.05, 0.1) is 16.9 Å². The monoisotopic (exact) mass is 345 g/mol. The highest BCUT2D eigenvalue weighted by Crippen LogP contribution is 2.37. The molecule has 0 bridgehead atoms. The third-order valence-corrected chi connectivity index (χ3v) is 4.49. The normalized spacial score (nSPS) is 15.6. The molecular weight excluding hydrogens is 326 g/mol. The Morgan fingerprint density at radius 2 is 1.88 bits per heavy atom. The van der Waals surface area contributed by atoms with Gasteiger partial charge in [-0.25, -0.2) is 4.68 Å². The molecule has 0 unspecified atom stereocenters. The van der Waals surface area contributed by atoms with Gasteiger partial charge >= 0.3 is 0 Å². The summed E-state index contributed by atoms with van der Waals surface area (Å²) in [7, 11) is 0. The van der Waals surface area contributed by atoms with Gasteiger partial charge in [0.2, 0.25) is 0 Å². The number of benzene rings is 1. The second-order valence-corrected chi connectivity index (χ2v) is 6.32. The van der Waals surface area contributed by atoms with Crippen molar-refractivity contribution in [2.75, 3.05) is 0 Å². The van der Waals surface area contributed by atoms with Crippen LogP contribution in [0.3, 0.4) is 0 Å². The van der Waals surface area contributed by atoms with Crippen LogP contribution in [0.1, 0.15) is 36.5 Å². The highest BCUT2D eigenvalue weighted by Gasteiger charge is 2.39. The van der Waals surface area contributed by atoms with Crippen LogP contribution >= 0.6 is 12.4 Å². The zero-order valence-corrected chi connectivity index (χ0v) is 14.5. The lowest BCUT2D eigenvalue weighted by Crippen LogP contribution is -2.44. The number of hydrogen-bond acceptors (Lipinski definition) is 5. The van der Waals surface area contributed by atoms with Crippen LogP contribution in [-0.4, -0.2) is 19.9 Å². The minimum Gasteiger partial charge on any atom is -0.334 e. The molecule has 126 valence electrons. The van der Waals surface area contributed by atoms with Crippen LogP contribution in [0.15, 0.2) is 34.9 Å². The van der Waals surface area contributed by atoms with E-state index in [-0.39, 0.29) is 12.4 Å². The van der Waals surface area contributed by atoms with Crippen LogP contribution in [0.2, 0.25) is 0 Å². The minimum absolute atomic E-state index is 0. The first-order chi connectivity index (χ1) is 11.0. The summed E-state index contributed by atoms with van der Waals surface area (Å²) in [5.74, 6) is 1.12. The first-order valence-electron chi connectivity index (χ1n) is 7.82. The van der Waals surface area contributed by atoms with Crippen molar-refractivity contribution in [1.29, 1.82) is 0 Å². The lowest BCUT2D eigenvalue weighted by molar-refractivity contribution is 0.229. The fourth-order valence-electron chi connectivity index (χ4n) is 2.96. The molecule has 24 heavy (non-hydrogen) atoms. The molecule has 2 heterocycles. The molecule has 0 spiro atoms. The van der Waals surface area contributed by atoms with E-state index in [0.717, 1.165) is 41.9 Å². The van der Waals surface area contributed by atoms with E-state index in [0.29, 0.717) is 11.7 Å². The number of hydrogen-bond donors (Lipinski definition) is 1. The van der Waals surface area contributed by atoms with Crippen LogP contribution in [0.25, 0.3) is 17.1 Å². The lowest BCUT2D eigenvalue weighted by Gasteiger charge is -2.34. The average Bonchev–Trinajstić information content (AvgIpc) is 3.12. The van der Waals surface area contributed by atoms with E-state index < -0.39 is 5.54 Å². The molecule has 1 aliphatic carbocycles. The van der Waals surface area contributed by atoms with Crippen LogP contribution in [0.4, 0.5) is 0 Å². The van der Waals surface area contributed by atoms with Gasteiger partial charge in [-0.15, -0.1) is 12.4 Å². The maximum Gasteiger partial charge on any atom is 0.257 e. The molecule has 0 atom stereocenters. The van der Waals surface area contributed by atoms with Crippen LogP contribution in [0.5, 0.6) is 0 Å². The summed E-state index contributed by atoms with van der Waals surface area (Å²) in [4.78, 5) is 4.47. The number of aromatic nitrogens is 4. The van der Waals surface area contributed by atoms with Crippen molar-refractivity contribution in [3.63, 3.8) is 0 Å². The molecule has 2 N–H and O–H groups in total. The fraction of sp³-hybridized carbons (Fsp3) is 0.353. The summed E-state index contributed by atoms with van der Waals surface area (Å²) < 4.78 is 7.30.